The van der Waals surface area contributed by atoms with E-state index in [0.717, 1.165) is 0 Å². The van der Waals surface area contributed by atoms with E-state index in [4.69, 9.17) is 0 Å². The Labute approximate surface area is 156 Å². The van der Waals surface area contributed by atoms with Gasteiger partial charge in [0.1, 0.15) is 5.82 Å². The van der Waals surface area contributed by atoms with Crippen LogP contribution < -0.4 is 9.80 Å². The monoisotopic (exact) mass is 369 g/mol. The van der Waals surface area contributed by atoms with Crippen molar-refractivity contribution >= 4 is 23.5 Å². The summed E-state index contributed by atoms with van der Waals surface area (Å²) in [4.78, 5) is 38.8. The first-order valence-corrected chi connectivity index (χ1v) is 8.99. The largest absolute Gasteiger partial charge is 0.339 e. The zero-order valence-corrected chi connectivity index (χ0v) is 14.8. The van der Waals surface area contributed by atoms with Crippen LogP contribution in [-0.2, 0) is 9.59 Å². The Morgan fingerprint density at radius 1 is 1.04 bits per heavy atom. The van der Waals surface area contributed by atoms with Gasteiger partial charge in [0.2, 0.25) is 17.8 Å². The van der Waals surface area contributed by atoms with Crippen LogP contribution in [0.25, 0.3) is 0 Å². The van der Waals surface area contributed by atoms with Crippen molar-refractivity contribution in [3.05, 3.63) is 48.5 Å². The summed E-state index contributed by atoms with van der Waals surface area (Å²) in [6, 6.07) is 7.92. The zero-order chi connectivity index (χ0) is 18.8. The highest BCUT2D eigenvalue weighted by Crippen LogP contribution is 2.28. The Balaban J connectivity index is 1.38. The Hall–Kier alpha value is -3.03. The van der Waals surface area contributed by atoms with E-state index in [1.807, 2.05) is 4.90 Å². The van der Waals surface area contributed by atoms with Crippen LogP contribution in [0.4, 0.5) is 16.0 Å². The van der Waals surface area contributed by atoms with Crippen molar-refractivity contribution in [2.45, 2.75) is 6.42 Å². The third kappa shape index (κ3) is 3.47. The molecule has 0 radical (unpaired) electrons. The first-order chi connectivity index (χ1) is 13.1. The summed E-state index contributed by atoms with van der Waals surface area (Å²) >= 11 is 0. The highest BCUT2D eigenvalue weighted by molar-refractivity contribution is 6.00. The number of amides is 2. The minimum absolute atomic E-state index is 0.0455. The lowest BCUT2D eigenvalue weighted by atomic mass is 10.1. The molecular weight excluding hydrogens is 349 g/mol. The molecule has 4 rings (SSSR count). The normalized spacial score (nSPS) is 20.3. The molecule has 2 saturated heterocycles. The van der Waals surface area contributed by atoms with Gasteiger partial charge in [-0.2, -0.15) is 0 Å². The average molecular weight is 369 g/mol. The van der Waals surface area contributed by atoms with Gasteiger partial charge in [0.05, 0.1) is 11.6 Å². The maximum absolute atomic E-state index is 14.0. The number of anilines is 2. The van der Waals surface area contributed by atoms with Gasteiger partial charge in [0.15, 0.2) is 0 Å². The molecule has 2 aromatic rings. The van der Waals surface area contributed by atoms with Crippen LogP contribution in [0.3, 0.4) is 0 Å². The first-order valence-electron chi connectivity index (χ1n) is 8.99. The zero-order valence-electron chi connectivity index (χ0n) is 14.8. The summed E-state index contributed by atoms with van der Waals surface area (Å²) in [5.41, 5.74) is 0.240. The molecule has 2 fully saturated rings. The summed E-state index contributed by atoms with van der Waals surface area (Å²) in [5, 5.41) is 0. The van der Waals surface area contributed by atoms with E-state index in [0.29, 0.717) is 32.1 Å². The average Bonchev–Trinajstić information content (AvgIpc) is 3.10. The SMILES string of the molecule is O=C([C@H]1CC(=O)N(c2ccccc2F)C1)N1CCN(c2ncccn2)CC1. The van der Waals surface area contributed by atoms with Crippen LogP contribution in [0, 0.1) is 11.7 Å². The number of halogens is 1. The molecule has 27 heavy (non-hydrogen) atoms. The molecule has 2 aliphatic rings. The molecule has 0 bridgehead atoms. The molecule has 0 N–H and O–H groups in total. The van der Waals surface area contributed by atoms with Crippen LogP contribution in [0.5, 0.6) is 0 Å². The molecule has 1 atom stereocenters. The molecule has 7 nitrogen and oxygen atoms in total. The fourth-order valence-corrected chi connectivity index (χ4v) is 3.62. The van der Waals surface area contributed by atoms with E-state index in [-0.39, 0.29) is 30.5 Å². The summed E-state index contributed by atoms with van der Waals surface area (Å²) in [5.74, 6) is -0.482. The second kappa shape index (κ2) is 7.30. The van der Waals surface area contributed by atoms with Crippen LogP contribution in [0.1, 0.15) is 6.42 Å². The molecule has 1 aromatic carbocycles. The number of carbonyl (C=O) groups is 2. The predicted octanol–water partition coefficient (Wildman–Crippen LogP) is 1.32. The van der Waals surface area contributed by atoms with E-state index in [1.54, 1.807) is 41.6 Å². The van der Waals surface area contributed by atoms with E-state index in [9.17, 15) is 14.0 Å². The number of nitrogens with zero attached hydrogens (tertiary/aromatic N) is 5. The van der Waals surface area contributed by atoms with Crippen molar-refractivity contribution in [3.63, 3.8) is 0 Å². The molecule has 1 aromatic heterocycles. The Kier molecular flexibility index (Phi) is 4.70. The van der Waals surface area contributed by atoms with E-state index < -0.39 is 11.7 Å². The van der Waals surface area contributed by atoms with Gasteiger partial charge >= 0.3 is 0 Å². The Morgan fingerprint density at radius 3 is 2.44 bits per heavy atom. The Bertz CT molecular complexity index is 839. The summed E-state index contributed by atoms with van der Waals surface area (Å²) in [7, 11) is 0. The second-order valence-corrected chi connectivity index (χ2v) is 6.72. The predicted molar refractivity (Wildman–Crippen MR) is 97.7 cm³/mol. The smallest absolute Gasteiger partial charge is 0.228 e. The van der Waals surface area contributed by atoms with Crippen molar-refractivity contribution in [1.82, 2.24) is 14.9 Å². The minimum atomic E-state index is -0.449. The molecule has 8 heteroatoms. The van der Waals surface area contributed by atoms with E-state index in [2.05, 4.69) is 9.97 Å². The van der Waals surface area contributed by atoms with Crippen molar-refractivity contribution in [3.8, 4) is 0 Å². The number of para-hydroxylation sites is 1. The number of rotatable bonds is 3. The lowest BCUT2D eigenvalue weighted by Gasteiger charge is -2.35. The maximum atomic E-state index is 14.0. The number of benzene rings is 1. The minimum Gasteiger partial charge on any atom is -0.339 e. The van der Waals surface area contributed by atoms with Gasteiger partial charge in [-0.3, -0.25) is 9.59 Å². The van der Waals surface area contributed by atoms with Crippen molar-refractivity contribution in [1.29, 1.82) is 0 Å². The molecule has 0 saturated carbocycles. The quantitative estimate of drug-likeness (QED) is 0.816. The van der Waals surface area contributed by atoms with Crippen LogP contribution in [0.2, 0.25) is 0 Å². The van der Waals surface area contributed by atoms with Crippen molar-refractivity contribution in [2.24, 2.45) is 5.92 Å². The number of aromatic nitrogens is 2. The van der Waals surface area contributed by atoms with Gasteiger partial charge in [0.25, 0.3) is 0 Å². The number of piperazine rings is 1. The van der Waals surface area contributed by atoms with E-state index in [1.165, 1.54) is 11.0 Å². The van der Waals surface area contributed by atoms with Gasteiger partial charge in [-0.15, -0.1) is 0 Å². The summed E-state index contributed by atoms with van der Waals surface area (Å²) < 4.78 is 14.0. The van der Waals surface area contributed by atoms with E-state index >= 15 is 0 Å². The molecular formula is C19H20FN5O2. The lowest BCUT2D eigenvalue weighted by molar-refractivity contribution is -0.136. The fourth-order valence-electron chi connectivity index (χ4n) is 3.62. The standard InChI is InChI=1S/C19H20FN5O2/c20-15-4-1-2-5-16(15)25-13-14(12-17(25)26)18(27)23-8-10-24(11-9-23)19-21-6-3-7-22-19/h1-7,14H,8-13H2/t14-/m0/s1. The summed E-state index contributed by atoms with van der Waals surface area (Å²) in [6.45, 7) is 2.63. The molecule has 140 valence electrons. The number of hydrogen-bond acceptors (Lipinski definition) is 5. The van der Waals surface area contributed by atoms with Gasteiger partial charge < -0.3 is 14.7 Å². The molecule has 0 spiro atoms. The second-order valence-electron chi connectivity index (χ2n) is 6.72. The molecule has 0 unspecified atom stereocenters. The molecule has 0 aliphatic carbocycles. The third-order valence-electron chi connectivity index (χ3n) is 5.04. The molecule has 2 aliphatic heterocycles. The summed E-state index contributed by atoms with van der Waals surface area (Å²) in [6.07, 6.45) is 3.51. The van der Waals surface area contributed by atoms with Crippen LogP contribution in [0.15, 0.2) is 42.7 Å². The van der Waals surface area contributed by atoms with Gasteiger partial charge in [-0.1, -0.05) is 12.1 Å². The maximum Gasteiger partial charge on any atom is 0.228 e. The van der Waals surface area contributed by atoms with Gasteiger partial charge in [-0.25, -0.2) is 14.4 Å². The Morgan fingerprint density at radius 2 is 1.74 bits per heavy atom. The highest BCUT2D eigenvalue weighted by Gasteiger charge is 2.38. The van der Waals surface area contributed by atoms with Crippen LogP contribution in [-0.4, -0.2) is 59.4 Å². The topological polar surface area (TPSA) is 69.6 Å². The molecule has 2 amide bonds. The highest BCUT2D eigenvalue weighted by atomic mass is 19.1. The van der Waals surface area contributed by atoms with Gasteiger partial charge in [0, 0.05) is 51.5 Å². The first kappa shape index (κ1) is 17.4. The lowest BCUT2D eigenvalue weighted by Crippen LogP contribution is -2.51. The molecule has 3 heterocycles. The third-order valence-corrected chi connectivity index (χ3v) is 5.04. The van der Waals surface area contributed by atoms with Crippen LogP contribution >= 0.6 is 0 Å². The van der Waals surface area contributed by atoms with Gasteiger partial charge in [-0.05, 0) is 18.2 Å². The number of hydrogen-bond donors (Lipinski definition) is 0. The van der Waals surface area contributed by atoms with Crippen molar-refractivity contribution < 1.29 is 14.0 Å². The fraction of sp³-hybridized carbons (Fsp3) is 0.368. The number of carbonyl (C=O) groups excluding carboxylic acids is 2. The van der Waals surface area contributed by atoms with Crippen molar-refractivity contribution in [2.75, 3.05) is 42.5 Å².